The van der Waals surface area contributed by atoms with Crippen LogP contribution in [0.2, 0.25) is 0 Å². The van der Waals surface area contributed by atoms with Crippen LogP contribution in [0.1, 0.15) is 88.2 Å². The van der Waals surface area contributed by atoms with E-state index in [1.165, 1.54) is 37.7 Å². The van der Waals surface area contributed by atoms with Gasteiger partial charge in [0.2, 0.25) is 5.82 Å². The molecule has 0 spiro atoms. The molecule has 0 unspecified atom stereocenters. The molecule has 1 aliphatic carbocycles. The highest BCUT2D eigenvalue weighted by Gasteiger charge is 2.29. The molecule has 2 aromatic rings. The Hall–Kier alpha value is -2.94. The SMILES string of the molecule is CCCCCCCCOc1ccc([C@H]2CC[C@H](C(=O)Oc3ccc(C#N)c(F)c3F)CC2)cc1. The minimum absolute atomic E-state index is 0.348. The van der Waals surface area contributed by atoms with E-state index in [4.69, 9.17) is 14.7 Å². The van der Waals surface area contributed by atoms with Gasteiger partial charge in [-0.25, -0.2) is 4.39 Å². The fourth-order valence-corrected chi connectivity index (χ4v) is 4.46. The molecular formula is C28H33F2NO3. The third-order valence-corrected chi connectivity index (χ3v) is 6.56. The Labute approximate surface area is 200 Å². The Bertz CT molecular complexity index is 976. The van der Waals surface area contributed by atoms with Crippen molar-refractivity contribution < 1.29 is 23.0 Å². The molecule has 2 aromatic carbocycles. The molecule has 0 aliphatic heterocycles. The number of esters is 1. The Morgan fingerprint density at radius 2 is 1.62 bits per heavy atom. The topological polar surface area (TPSA) is 59.3 Å². The molecule has 0 bridgehead atoms. The van der Waals surface area contributed by atoms with Crippen LogP contribution in [0, 0.1) is 28.9 Å². The standard InChI is InChI=1S/C28H33F2NO3/c1-2-3-4-5-6-7-18-33-24-15-12-21(13-16-24)20-8-10-22(11-9-20)28(32)34-25-17-14-23(19-31)26(29)27(25)30/h12-17,20,22H,2-11,18H2,1H3/t20-,22-. The van der Waals surface area contributed by atoms with Crippen LogP contribution in [0.5, 0.6) is 11.5 Å². The molecule has 1 fully saturated rings. The van der Waals surface area contributed by atoms with Gasteiger partial charge in [-0.2, -0.15) is 9.65 Å². The molecule has 34 heavy (non-hydrogen) atoms. The molecule has 182 valence electrons. The van der Waals surface area contributed by atoms with E-state index in [1.807, 2.05) is 12.1 Å². The van der Waals surface area contributed by atoms with Crippen LogP contribution < -0.4 is 9.47 Å². The van der Waals surface area contributed by atoms with Crippen molar-refractivity contribution in [3.05, 3.63) is 59.2 Å². The predicted molar refractivity (Wildman–Crippen MR) is 127 cm³/mol. The molecule has 1 aliphatic rings. The highest BCUT2D eigenvalue weighted by Crippen LogP contribution is 2.37. The van der Waals surface area contributed by atoms with Crippen molar-refractivity contribution in [1.29, 1.82) is 5.26 Å². The van der Waals surface area contributed by atoms with Gasteiger partial charge in [-0.1, -0.05) is 51.2 Å². The summed E-state index contributed by atoms with van der Waals surface area (Å²) >= 11 is 0. The number of nitrogens with zero attached hydrogens (tertiary/aromatic N) is 1. The number of unbranched alkanes of at least 4 members (excludes halogenated alkanes) is 5. The summed E-state index contributed by atoms with van der Waals surface area (Å²) in [5.41, 5.74) is 0.801. The number of hydrogen-bond acceptors (Lipinski definition) is 4. The molecule has 0 N–H and O–H groups in total. The molecule has 0 radical (unpaired) electrons. The largest absolute Gasteiger partial charge is 0.494 e. The normalized spacial score (nSPS) is 17.7. The Morgan fingerprint density at radius 1 is 0.941 bits per heavy atom. The predicted octanol–water partition coefficient (Wildman–Crippen LogP) is 7.46. The number of ether oxygens (including phenoxy) is 2. The van der Waals surface area contributed by atoms with Gasteiger partial charge in [0.1, 0.15) is 11.8 Å². The first-order chi connectivity index (χ1) is 16.5. The van der Waals surface area contributed by atoms with E-state index in [0.29, 0.717) is 18.8 Å². The third-order valence-electron chi connectivity index (χ3n) is 6.56. The molecule has 0 amide bonds. The number of carbonyl (C=O) groups excluding carboxylic acids is 1. The smallest absolute Gasteiger partial charge is 0.314 e. The average Bonchev–Trinajstić information content (AvgIpc) is 2.87. The molecule has 6 heteroatoms. The van der Waals surface area contributed by atoms with E-state index in [-0.39, 0.29) is 5.92 Å². The van der Waals surface area contributed by atoms with E-state index in [0.717, 1.165) is 43.8 Å². The number of halogens is 2. The maximum atomic E-state index is 14.0. The molecule has 3 rings (SSSR count). The number of rotatable bonds is 11. The van der Waals surface area contributed by atoms with E-state index in [1.54, 1.807) is 6.07 Å². The van der Waals surface area contributed by atoms with Crippen molar-refractivity contribution in [1.82, 2.24) is 0 Å². The van der Waals surface area contributed by atoms with Crippen molar-refractivity contribution in [3.8, 4) is 17.6 Å². The summed E-state index contributed by atoms with van der Waals surface area (Å²) in [6, 6.07) is 12.0. The lowest BCUT2D eigenvalue weighted by Gasteiger charge is -2.27. The van der Waals surface area contributed by atoms with Gasteiger partial charge in [0.05, 0.1) is 18.1 Å². The molecule has 0 atom stereocenters. The second-order valence-electron chi connectivity index (χ2n) is 9.01. The van der Waals surface area contributed by atoms with Gasteiger partial charge in [0.25, 0.3) is 0 Å². The van der Waals surface area contributed by atoms with Crippen LogP contribution in [0.15, 0.2) is 36.4 Å². The third kappa shape index (κ3) is 7.03. The lowest BCUT2D eigenvalue weighted by atomic mass is 9.79. The molecule has 4 nitrogen and oxygen atoms in total. The zero-order valence-electron chi connectivity index (χ0n) is 19.8. The highest BCUT2D eigenvalue weighted by molar-refractivity contribution is 5.75. The lowest BCUT2D eigenvalue weighted by Crippen LogP contribution is -2.25. The number of hydrogen-bond donors (Lipinski definition) is 0. The molecular weight excluding hydrogens is 436 g/mol. The number of benzene rings is 2. The zero-order valence-corrected chi connectivity index (χ0v) is 19.8. The molecule has 0 heterocycles. The highest BCUT2D eigenvalue weighted by atomic mass is 19.2. The Kier molecular flexibility index (Phi) is 9.88. The van der Waals surface area contributed by atoms with Gasteiger partial charge < -0.3 is 9.47 Å². The minimum Gasteiger partial charge on any atom is -0.494 e. The van der Waals surface area contributed by atoms with Gasteiger partial charge in [-0.05, 0) is 67.9 Å². The maximum absolute atomic E-state index is 14.0. The van der Waals surface area contributed by atoms with Crippen LogP contribution in [0.25, 0.3) is 0 Å². The monoisotopic (exact) mass is 469 g/mol. The van der Waals surface area contributed by atoms with Gasteiger partial charge in [0.15, 0.2) is 11.6 Å². The van der Waals surface area contributed by atoms with Crippen molar-refractivity contribution in [2.24, 2.45) is 5.92 Å². The fraction of sp³-hybridized carbons (Fsp3) is 0.500. The lowest BCUT2D eigenvalue weighted by molar-refractivity contribution is -0.140. The first-order valence-electron chi connectivity index (χ1n) is 12.4. The Balaban J connectivity index is 1.42. The van der Waals surface area contributed by atoms with Crippen molar-refractivity contribution in [3.63, 3.8) is 0 Å². The number of carbonyl (C=O) groups is 1. The van der Waals surface area contributed by atoms with Crippen LogP contribution in [-0.2, 0) is 4.79 Å². The van der Waals surface area contributed by atoms with Crippen LogP contribution in [0.4, 0.5) is 8.78 Å². The van der Waals surface area contributed by atoms with E-state index < -0.39 is 28.9 Å². The molecule has 0 saturated heterocycles. The first kappa shape index (κ1) is 25.7. The van der Waals surface area contributed by atoms with Gasteiger partial charge >= 0.3 is 5.97 Å². The summed E-state index contributed by atoms with van der Waals surface area (Å²) < 4.78 is 38.8. The van der Waals surface area contributed by atoms with E-state index in [2.05, 4.69) is 19.1 Å². The Morgan fingerprint density at radius 3 is 2.29 bits per heavy atom. The second kappa shape index (κ2) is 13.1. The van der Waals surface area contributed by atoms with Crippen LogP contribution >= 0.6 is 0 Å². The van der Waals surface area contributed by atoms with E-state index >= 15 is 0 Å². The quantitative estimate of drug-likeness (QED) is 0.195. The zero-order chi connectivity index (χ0) is 24.3. The second-order valence-corrected chi connectivity index (χ2v) is 9.01. The first-order valence-corrected chi connectivity index (χ1v) is 12.4. The summed E-state index contributed by atoms with van der Waals surface area (Å²) in [5, 5.41) is 8.76. The van der Waals surface area contributed by atoms with Gasteiger partial charge in [0, 0.05) is 0 Å². The van der Waals surface area contributed by atoms with Crippen molar-refractivity contribution in [2.45, 2.75) is 77.0 Å². The number of nitriles is 1. The van der Waals surface area contributed by atoms with Gasteiger partial charge in [-0.3, -0.25) is 4.79 Å². The summed E-state index contributed by atoms with van der Waals surface area (Å²) in [6.45, 7) is 2.96. The van der Waals surface area contributed by atoms with Gasteiger partial charge in [-0.15, -0.1) is 0 Å². The fourth-order valence-electron chi connectivity index (χ4n) is 4.46. The summed E-state index contributed by atoms with van der Waals surface area (Å²) in [5.74, 6) is -2.75. The van der Waals surface area contributed by atoms with E-state index in [9.17, 15) is 13.6 Å². The minimum atomic E-state index is -1.31. The van der Waals surface area contributed by atoms with Crippen molar-refractivity contribution >= 4 is 5.97 Å². The van der Waals surface area contributed by atoms with Crippen LogP contribution in [-0.4, -0.2) is 12.6 Å². The summed E-state index contributed by atoms with van der Waals surface area (Å²) in [6.07, 6.45) is 10.3. The summed E-state index contributed by atoms with van der Waals surface area (Å²) in [7, 11) is 0. The molecule has 0 aromatic heterocycles. The molecule has 1 saturated carbocycles. The summed E-state index contributed by atoms with van der Waals surface area (Å²) in [4.78, 5) is 12.5. The van der Waals surface area contributed by atoms with Crippen molar-refractivity contribution in [2.75, 3.05) is 6.61 Å². The van der Waals surface area contributed by atoms with Crippen LogP contribution in [0.3, 0.4) is 0 Å². The maximum Gasteiger partial charge on any atom is 0.314 e. The average molecular weight is 470 g/mol.